The van der Waals surface area contributed by atoms with Crippen molar-refractivity contribution in [1.29, 1.82) is 0 Å². The molecule has 1 spiro atoms. The molecule has 0 radical (unpaired) electrons. The number of likely N-dealkylation sites (tertiary alicyclic amines) is 1. The molecule has 0 amide bonds. The lowest BCUT2D eigenvalue weighted by Crippen LogP contribution is -2.40. The molecule has 3 heterocycles. The van der Waals surface area contributed by atoms with Crippen molar-refractivity contribution in [2.45, 2.75) is 69.0 Å². The highest BCUT2D eigenvalue weighted by Crippen LogP contribution is 2.43. The SMILES string of the molecule is Nc1n[nH]c(C2CCCN(CC3CCC4(CCCC4)O3)C2)n1. The van der Waals surface area contributed by atoms with Gasteiger partial charge in [-0.05, 0) is 45.1 Å². The van der Waals surface area contributed by atoms with Crippen molar-refractivity contribution in [3.05, 3.63) is 5.82 Å². The molecule has 0 aromatic carbocycles. The third kappa shape index (κ3) is 2.86. The first kappa shape index (κ1) is 14.5. The maximum atomic E-state index is 6.46. The van der Waals surface area contributed by atoms with Crippen molar-refractivity contribution in [3.63, 3.8) is 0 Å². The second kappa shape index (κ2) is 5.81. The van der Waals surface area contributed by atoms with Crippen LogP contribution in [0.1, 0.15) is 63.1 Å². The van der Waals surface area contributed by atoms with Gasteiger partial charge in [-0.1, -0.05) is 12.8 Å². The zero-order valence-corrected chi connectivity index (χ0v) is 13.3. The predicted molar refractivity (Wildman–Crippen MR) is 84.5 cm³/mol. The fraction of sp³-hybridized carbons (Fsp3) is 0.875. The first-order valence-corrected chi connectivity index (χ1v) is 8.80. The molecule has 3 aliphatic rings. The van der Waals surface area contributed by atoms with Gasteiger partial charge in [0.05, 0.1) is 11.7 Å². The topological polar surface area (TPSA) is 80.1 Å². The summed E-state index contributed by atoms with van der Waals surface area (Å²) in [5.74, 6) is 1.73. The third-order valence-corrected chi connectivity index (χ3v) is 5.73. The molecule has 22 heavy (non-hydrogen) atoms. The third-order valence-electron chi connectivity index (χ3n) is 5.73. The molecule has 6 heteroatoms. The average molecular weight is 305 g/mol. The van der Waals surface area contributed by atoms with Gasteiger partial charge in [-0.25, -0.2) is 0 Å². The number of piperidine rings is 1. The molecule has 2 atom stereocenters. The Morgan fingerprint density at radius 3 is 2.86 bits per heavy atom. The van der Waals surface area contributed by atoms with E-state index in [0.29, 0.717) is 18.0 Å². The summed E-state index contributed by atoms with van der Waals surface area (Å²) in [6.45, 7) is 3.29. The molecule has 122 valence electrons. The van der Waals surface area contributed by atoms with E-state index in [4.69, 9.17) is 10.5 Å². The second-order valence-corrected chi connectivity index (χ2v) is 7.35. The normalized spacial score (nSPS) is 32.0. The van der Waals surface area contributed by atoms with Crippen molar-refractivity contribution < 1.29 is 4.74 Å². The summed E-state index contributed by atoms with van der Waals surface area (Å²) in [5, 5.41) is 6.95. The van der Waals surface area contributed by atoms with Gasteiger partial charge in [0.1, 0.15) is 5.82 Å². The van der Waals surface area contributed by atoms with Gasteiger partial charge in [0.15, 0.2) is 0 Å². The molecule has 1 aliphatic carbocycles. The zero-order valence-electron chi connectivity index (χ0n) is 13.3. The van der Waals surface area contributed by atoms with Crippen molar-refractivity contribution in [3.8, 4) is 0 Å². The summed E-state index contributed by atoms with van der Waals surface area (Å²) in [6.07, 6.45) is 10.6. The Kier molecular flexibility index (Phi) is 3.82. The Labute approximate surface area is 131 Å². The molecule has 2 unspecified atom stereocenters. The van der Waals surface area contributed by atoms with Crippen molar-refractivity contribution in [2.24, 2.45) is 0 Å². The number of ether oxygens (including phenoxy) is 1. The van der Waals surface area contributed by atoms with Gasteiger partial charge in [0, 0.05) is 19.0 Å². The smallest absolute Gasteiger partial charge is 0.239 e. The van der Waals surface area contributed by atoms with Crippen LogP contribution in [0.4, 0.5) is 5.95 Å². The maximum Gasteiger partial charge on any atom is 0.239 e. The molecule has 1 aromatic rings. The molecule has 6 nitrogen and oxygen atoms in total. The Bertz CT molecular complexity index is 510. The van der Waals surface area contributed by atoms with E-state index in [1.165, 1.54) is 57.9 Å². The number of rotatable bonds is 3. The van der Waals surface area contributed by atoms with Crippen molar-refractivity contribution in [1.82, 2.24) is 20.1 Å². The van der Waals surface area contributed by atoms with Crippen LogP contribution in [0.25, 0.3) is 0 Å². The summed E-state index contributed by atoms with van der Waals surface area (Å²) in [6, 6.07) is 0. The van der Waals surface area contributed by atoms with Crippen LogP contribution in [-0.4, -0.2) is 51.4 Å². The monoisotopic (exact) mass is 305 g/mol. The standard InChI is InChI=1S/C16H27N5O/c17-15-18-14(19-20-15)12-4-3-9-21(10-12)11-13-5-8-16(22-13)6-1-2-7-16/h12-13H,1-11H2,(H3,17,18,19,20). The minimum absolute atomic E-state index is 0.249. The predicted octanol–water partition coefficient (Wildman–Crippen LogP) is 2.06. The van der Waals surface area contributed by atoms with Crippen LogP contribution < -0.4 is 5.73 Å². The number of nitrogens with zero attached hydrogens (tertiary/aromatic N) is 3. The van der Waals surface area contributed by atoms with Gasteiger partial charge >= 0.3 is 0 Å². The minimum atomic E-state index is 0.249. The number of aromatic amines is 1. The summed E-state index contributed by atoms with van der Waals surface area (Å²) in [7, 11) is 0. The van der Waals surface area contributed by atoms with Gasteiger partial charge in [-0.3, -0.25) is 5.10 Å². The quantitative estimate of drug-likeness (QED) is 0.893. The minimum Gasteiger partial charge on any atom is -0.370 e. The van der Waals surface area contributed by atoms with Crippen LogP contribution in [0.2, 0.25) is 0 Å². The molecular formula is C16H27N5O. The number of hydrogen-bond donors (Lipinski definition) is 2. The Hall–Kier alpha value is -1.14. The van der Waals surface area contributed by atoms with E-state index < -0.39 is 0 Å². The molecule has 0 bridgehead atoms. The molecule has 2 saturated heterocycles. The number of hydrogen-bond acceptors (Lipinski definition) is 5. The summed E-state index contributed by atoms with van der Waals surface area (Å²) < 4.78 is 6.46. The first-order chi connectivity index (χ1) is 10.7. The van der Waals surface area contributed by atoms with Gasteiger partial charge in [-0.15, -0.1) is 5.10 Å². The Morgan fingerprint density at radius 1 is 1.23 bits per heavy atom. The molecule has 3 fully saturated rings. The maximum absolute atomic E-state index is 6.46. The first-order valence-electron chi connectivity index (χ1n) is 8.80. The van der Waals surface area contributed by atoms with Crippen LogP contribution in [0, 0.1) is 0 Å². The average Bonchev–Trinajstić information content (AvgIpc) is 3.23. The van der Waals surface area contributed by atoms with E-state index >= 15 is 0 Å². The second-order valence-electron chi connectivity index (χ2n) is 7.35. The van der Waals surface area contributed by atoms with E-state index in [1.807, 2.05) is 0 Å². The molecule has 1 aromatic heterocycles. The van der Waals surface area contributed by atoms with Gasteiger partial charge in [0.25, 0.3) is 0 Å². The number of aromatic nitrogens is 3. The number of nitrogen functional groups attached to an aromatic ring is 1. The van der Waals surface area contributed by atoms with Crippen LogP contribution in [0.15, 0.2) is 0 Å². The van der Waals surface area contributed by atoms with Crippen LogP contribution in [-0.2, 0) is 4.74 Å². The van der Waals surface area contributed by atoms with Gasteiger partial charge in [0.2, 0.25) is 5.95 Å². The van der Waals surface area contributed by atoms with Crippen molar-refractivity contribution >= 4 is 5.95 Å². The van der Waals surface area contributed by atoms with Crippen LogP contribution in [0.3, 0.4) is 0 Å². The van der Waals surface area contributed by atoms with Gasteiger partial charge < -0.3 is 15.4 Å². The number of anilines is 1. The van der Waals surface area contributed by atoms with E-state index in [-0.39, 0.29) is 5.60 Å². The van der Waals surface area contributed by atoms with E-state index in [2.05, 4.69) is 20.1 Å². The highest BCUT2D eigenvalue weighted by atomic mass is 16.5. The fourth-order valence-electron chi connectivity index (χ4n) is 4.61. The summed E-state index contributed by atoms with van der Waals surface area (Å²) in [5.41, 5.74) is 5.88. The summed E-state index contributed by atoms with van der Waals surface area (Å²) >= 11 is 0. The molecule has 2 aliphatic heterocycles. The van der Waals surface area contributed by atoms with Crippen LogP contribution >= 0.6 is 0 Å². The lowest BCUT2D eigenvalue weighted by molar-refractivity contribution is -0.0494. The zero-order chi connectivity index (χ0) is 15.0. The number of nitrogens with two attached hydrogens (primary N) is 1. The highest BCUT2D eigenvalue weighted by Gasteiger charge is 2.42. The largest absolute Gasteiger partial charge is 0.370 e. The molecule has 1 saturated carbocycles. The Morgan fingerprint density at radius 2 is 2.09 bits per heavy atom. The van der Waals surface area contributed by atoms with E-state index in [9.17, 15) is 0 Å². The molecule has 3 N–H and O–H groups in total. The van der Waals surface area contributed by atoms with Crippen LogP contribution in [0.5, 0.6) is 0 Å². The van der Waals surface area contributed by atoms with E-state index in [0.717, 1.165) is 18.9 Å². The lowest BCUT2D eigenvalue weighted by Gasteiger charge is -2.34. The van der Waals surface area contributed by atoms with E-state index in [1.54, 1.807) is 0 Å². The Balaban J connectivity index is 1.33. The lowest BCUT2D eigenvalue weighted by atomic mass is 9.96. The molecule has 4 rings (SSSR count). The van der Waals surface area contributed by atoms with Gasteiger partial charge in [-0.2, -0.15) is 4.98 Å². The molecular weight excluding hydrogens is 278 g/mol. The number of nitrogens with one attached hydrogen (secondary N) is 1. The number of H-pyrrole nitrogens is 1. The fourth-order valence-corrected chi connectivity index (χ4v) is 4.61. The summed E-state index contributed by atoms with van der Waals surface area (Å²) in [4.78, 5) is 6.86. The van der Waals surface area contributed by atoms with Crippen molar-refractivity contribution in [2.75, 3.05) is 25.4 Å². The highest BCUT2D eigenvalue weighted by molar-refractivity contribution is 5.15.